The van der Waals surface area contributed by atoms with Crippen LogP contribution in [0, 0.1) is 0 Å². The zero-order valence-corrected chi connectivity index (χ0v) is 16.0. The van der Waals surface area contributed by atoms with Crippen LogP contribution in [0.1, 0.15) is 12.5 Å². The highest BCUT2D eigenvalue weighted by atomic mass is 32.2. The molecule has 0 aliphatic carbocycles. The van der Waals surface area contributed by atoms with Gasteiger partial charge in [-0.25, -0.2) is 0 Å². The summed E-state index contributed by atoms with van der Waals surface area (Å²) in [5, 5.41) is 0. The average molecular weight is 404 g/mol. The monoisotopic (exact) mass is 403 g/mol. The molecule has 7 nitrogen and oxygen atoms in total. The van der Waals surface area contributed by atoms with Crippen LogP contribution in [0.25, 0.3) is 6.08 Å². The third-order valence-electron chi connectivity index (χ3n) is 3.23. The molecule has 0 radical (unpaired) electrons. The molecule has 1 amide bonds. The Morgan fingerprint density at radius 3 is 2.68 bits per heavy atom. The Morgan fingerprint density at radius 2 is 2.08 bits per heavy atom. The summed E-state index contributed by atoms with van der Waals surface area (Å²) in [6.07, 6.45) is 1.64. The lowest BCUT2D eigenvalue weighted by Crippen LogP contribution is -2.32. The summed E-state index contributed by atoms with van der Waals surface area (Å²) in [5.74, 6) is 0.177. The molecule has 0 saturated carbocycles. The van der Waals surface area contributed by atoms with Crippen molar-refractivity contribution in [1.82, 2.24) is 4.90 Å². The fraction of sp³-hybridized carbons (Fsp3) is 0.333. The second-order valence-electron chi connectivity index (χ2n) is 4.96. The van der Waals surface area contributed by atoms with Gasteiger partial charge >= 0.3 is 0 Å². The number of amides is 1. The van der Waals surface area contributed by atoms with Crippen molar-refractivity contribution in [2.75, 3.05) is 26.0 Å². The molecule has 1 saturated heterocycles. The predicted octanol–water partition coefficient (Wildman–Crippen LogP) is 2.18. The number of hydrogen-bond donors (Lipinski definition) is 1. The molecule has 25 heavy (non-hydrogen) atoms. The van der Waals surface area contributed by atoms with Gasteiger partial charge in [-0.1, -0.05) is 30.0 Å². The number of thioether (sulfide) groups is 1. The van der Waals surface area contributed by atoms with Crippen LogP contribution in [0.5, 0.6) is 11.5 Å². The SMILES string of the molecule is CCOc1ccc(/C=C2\SC(=S)N(CCS(=O)(=O)O)C2=O)cc1OC. The maximum atomic E-state index is 12.4. The predicted molar refractivity (Wildman–Crippen MR) is 100 cm³/mol. The van der Waals surface area contributed by atoms with E-state index in [1.807, 2.05) is 6.92 Å². The van der Waals surface area contributed by atoms with Gasteiger partial charge in [0.2, 0.25) is 0 Å². The van der Waals surface area contributed by atoms with Gasteiger partial charge in [0.25, 0.3) is 16.0 Å². The molecule has 1 fully saturated rings. The van der Waals surface area contributed by atoms with Crippen LogP contribution in [-0.2, 0) is 14.9 Å². The Bertz CT molecular complexity index is 819. The number of thiocarbonyl (C=S) groups is 1. The zero-order valence-electron chi connectivity index (χ0n) is 13.6. The molecule has 136 valence electrons. The highest BCUT2D eigenvalue weighted by molar-refractivity contribution is 8.26. The Labute approximate surface area is 155 Å². The highest BCUT2D eigenvalue weighted by Crippen LogP contribution is 2.34. The van der Waals surface area contributed by atoms with Crippen molar-refractivity contribution in [3.63, 3.8) is 0 Å². The second kappa shape index (κ2) is 8.17. The number of methoxy groups -OCH3 is 1. The van der Waals surface area contributed by atoms with Gasteiger partial charge in [-0.3, -0.25) is 14.2 Å². The Kier molecular flexibility index (Phi) is 6.44. The van der Waals surface area contributed by atoms with E-state index < -0.39 is 21.8 Å². The van der Waals surface area contributed by atoms with Gasteiger partial charge in [-0.05, 0) is 30.7 Å². The number of ether oxygens (including phenoxy) is 2. The molecule has 1 aliphatic rings. The zero-order chi connectivity index (χ0) is 18.6. The maximum absolute atomic E-state index is 12.4. The van der Waals surface area contributed by atoms with Crippen LogP contribution in [0.15, 0.2) is 23.1 Å². The lowest BCUT2D eigenvalue weighted by atomic mass is 10.2. The van der Waals surface area contributed by atoms with E-state index in [1.165, 1.54) is 7.11 Å². The second-order valence-corrected chi connectivity index (χ2v) is 8.21. The van der Waals surface area contributed by atoms with Gasteiger partial charge in [0, 0.05) is 6.54 Å². The first-order valence-corrected chi connectivity index (χ1v) is 10.1. The first kappa shape index (κ1) is 19.7. The van der Waals surface area contributed by atoms with E-state index in [-0.39, 0.29) is 10.9 Å². The van der Waals surface area contributed by atoms with E-state index in [0.29, 0.717) is 23.0 Å². The largest absolute Gasteiger partial charge is 0.493 e. The van der Waals surface area contributed by atoms with Gasteiger partial charge in [0.1, 0.15) is 4.32 Å². The van der Waals surface area contributed by atoms with Gasteiger partial charge in [0.15, 0.2) is 11.5 Å². The van der Waals surface area contributed by atoms with Gasteiger partial charge in [-0.2, -0.15) is 8.42 Å². The molecule has 1 aromatic rings. The standard InChI is InChI=1S/C15H17NO6S3/c1-3-22-11-5-4-10(8-12(11)21-2)9-13-14(17)16(15(23)24-13)6-7-25(18,19)20/h4-5,8-9H,3,6-7H2,1-2H3,(H,18,19,20)/b13-9-. The minimum atomic E-state index is -4.17. The normalized spacial score (nSPS) is 16.6. The summed E-state index contributed by atoms with van der Waals surface area (Å²) in [7, 11) is -2.64. The first-order valence-electron chi connectivity index (χ1n) is 7.26. The molecule has 0 spiro atoms. The molecule has 0 bridgehead atoms. The fourth-order valence-electron chi connectivity index (χ4n) is 2.10. The minimum absolute atomic E-state index is 0.187. The van der Waals surface area contributed by atoms with E-state index in [9.17, 15) is 13.2 Å². The molecule has 0 aromatic heterocycles. The van der Waals surface area contributed by atoms with Gasteiger partial charge in [0.05, 0.1) is 24.4 Å². The van der Waals surface area contributed by atoms with Gasteiger partial charge < -0.3 is 9.47 Å². The molecule has 10 heteroatoms. The summed E-state index contributed by atoms with van der Waals surface area (Å²) < 4.78 is 41.5. The summed E-state index contributed by atoms with van der Waals surface area (Å²) in [6.45, 7) is 2.18. The van der Waals surface area contributed by atoms with Crippen LogP contribution in [-0.4, -0.2) is 54.1 Å². The van der Waals surface area contributed by atoms with E-state index in [1.54, 1.807) is 24.3 Å². The number of carbonyl (C=O) groups is 1. The molecule has 1 aromatic carbocycles. The van der Waals surface area contributed by atoms with Crippen molar-refractivity contribution in [2.45, 2.75) is 6.92 Å². The lowest BCUT2D eigenvalue weighted by Gasteiger charge is -2.12. The number of nitrogens with zero attached hydrogens (tertiary/aromatic N) is 1. The van der Waals surface area contributed by atoms with Crippen LogP contribution in [0.2, 0.25) is 0 Å². The molecule has 2 rings (SSSR count). The number of hydrogen-bond acceptors (Lipinski definition) is 7. The van der Waals surface area contributed by atoms with Crippen molar-refractivity contribution >= 4 is 50.4 Å². The summed E-state index contributed by atoms with van der Waals surface area (Å²) in [5.41, 5.74) is 0.718. The van der Waals surface area contributed by atoms with Crippen LogP contribution in [0.4, 0.5) is 0 Å². The average Bonchev–Trinajstić information content (AvgIpc) is 2.80. The Hall–Kier alpha value is -1.62. The smallest absolute Gasteiger partial charge is 0.266 e. The first-order chi connectivity index (χ1) is 11.7. The number of rotatable bonds is 7. The topological polar surface area (TPSA) is 93.1 Å². The summed E-state index contributed by atoms with van der Waals surface area (Å²) >= 11 is 6.18. The molecule has 1 N–H and O–H groups in total. The van der Waals surface area contributed by atoms with Crippen LogP contribution >= 0.6 is 24.0 Å². The summed E-state index contributed by atoms with van der Waals surface area (Å²) in [4.78, 5) is 13.9. The number of benzene rings is 1. The Balaban J connectivity index is 2.21. The molecule has 1 heterocycles. The van der Waals surface area contributed by atoms with Crippen molar-refractivity contribution in [1.29, 1.82) is 0 Å². The van der Waals surface area contributed by atoms with Crippen LogP contribution in [0.3, 0.4) is 0 Å². The fourth-order valence-corrected chi connectivity index (χ4v) is 3.82. The van der Waals surface area contributed by atoms with E-state index >= 15 is 0 Å². The summed E-state index contributed by atoms with van der Waals surface area (Å²) in [6, 6.07) is 5.25. The van der Waals surface area contributed by atoms with Crippen molar-refractivity contribution in [2.24, 2.45) is 0 Å². The van der Waals surface area contributed by atoms with Crippen LogP contribution < -0.4 is 9.47 Å². The van der Waals surface area contributed by atoms with Gasteiger partial charge in [-0.15, -0.1) is 0 Å². The van der Waals surface area contributed by atoms with E-state index in [0.717, 1.165) is 22.2 Å². The molecule has 0 atom stereocenters. The van der Waals surface area contributed by atoms with Crippen molar-refractivity contribution < 1.29 is 27.2 Å². The minimum Gasteiger partial charge on any atom is -0.493 e. The quantitative estimate of drug-likeness (QED) is 0.421. The third-order valence-corrected chi connectivity index (χ3v) is 5.31. The van der Waals surface area contributed by atoms with E-state index in [4.69, 9.17) is 26.2 Å². The molecular formula is C15H17NO6S3. The maximum Gasteiger partial charge on any atom is 0.266 e. The molecular weight excluding hydrogens is 386 g/mol. The third kappa shape index (κ3) is 5.18. The number of carbonyl (C=O) groups excluding carboxylic acids is 1. The van der Waals surface area contributed by atoms with Crippen molar-refractivity contribution in [3.8, 4) is 11.5 Å². The Morgan fingerprint density at radius 1 is 1.36 bits per heavy atom. The lowest BCUT2D eigenvalue weighted by molar-refractivity contribution is -0.121. The molecule has 0 unspecified atom stereocenters. The molecule has 1 aliphatic heterocycles. The van der Waals surface area contributed by atoms with E-state index in [2.05, 4.69) is 0 Å². The highest BCUT2D eigenvalue weighted by Gasteiger charge is 2.32. The van der Waals surface area contributed by atoms with Crippen molar-refractivity contribution in [3.05, 3.63) is 28.7 Å².